The molecule has 5 nitrogen and oxygen atoms in total. The number of carbonyl (C=O) groups is 1. The molecule has 0 aromatic heterocycles. The number of likely N-dealkylation sites (tertiary alicyclic amines) is 2. The van der Waals surface area contributed by atoms with Gasteiger partial charge in [-0.2, -0.15) is 0 Å². The van der Waals surface area contributed by atoms with Crippen molar-refractivity contribution in [2.24, 2.45) is 11.3 Å². The SMILES string of the molecule is COc1ccccc1OCC(=O)N1CC[C@]2(CCCN(CC3CC3)C2)C1. The van der Waals surface area contributed by atoms with Crippen LogP contribution in [0.5, 0.6) is 11.5 Å². The first kappa shape index (κ1) is 17.7. The third kappa shape index (κ3) is 3.98. The highest BCUT2D eigenvalue weighted by atomic mass is 16.5. The van der Waals surface area contributed by atoms with Gasteiger partial charge < -0.3 is 19.3 Å². The molecule has 1 aromatic rings. The topological polar surface area (TPSA) is 42.0 Å². The number of methoxy groups -OCH3 is 1. The van der Waals surface area contributed by atoms with E-state index in [0.29, 0.717) is 16.9 Å². The largest absolute Gasteiger partial charge is 0.493 e. The number of nitrogens with zero attached hydrogens (tertiary/aromatic N) is 2. The van der Waals surface area contributed by atoms with E-state index in [0.717, 1.165) is 25.4 Å². The van der Waals surface area contributed by atoms with E-state index in [4.69, 9.17) is 9.47 Å². The van der Waals surface area contributed by atoms with Crippen LogP contribution >= 0.6 is 0 Å². The standard InChI is InChI=1S/C21H30N2O3/c1-25-18-5-2-3-6-19(18)26-14-20(24)23-12-10-21(16-23)9-4-11-22(15-21)13-17-7-8-17/h2-3,5-6,17H,4,7-16H2,1H3/t21-/m0/s1. The second-order valence-electron chi connectivity index (χ2n) is 8.29. The fourth-order valence-corrected chi connectivity index (χ4v) is 4.58. The molecule has 5 heteroatoms. The molecule has 1 amide bonds. The monoisotopic (exact) mass is 358 g/mol. The van der Waals surface area contributed by atoms with Crippen LogP contribution in [0, 0.1) is 11.3 Å². The molecular weight excluding hydrogens is 328 g/mol. The smallest absolute Gasteiger partial charge is 0.260 e. The summed E-state index contributed by atoms with van der Waals surface area (Å²) in [7, 11) is 1.62. The maximum Gasteiger partial charge on any atom is 0.260 e. The van der Waals surface area contributed by atoms with Gasteiger partial charge in [0.2, 0.25) is 0 Å². The average Bonchev–Trinajstić information content (AvgIpc) is 3.39. The van der Waals surface area contributed by atoms with Crippen molar-refractivity contribution in [2.45, 2.75) is 32.1 Å². The second-order valence-corrected chi connectivity index (χ2v) is 8.29. The van der Waals surface area contributed by atoms with Crippen molar-refractivity contribution in [3.63, 3.8) is 0 Å². The number of rotatable bonds is 6. The van der Waals surface area contributed by atoms with Gasteiger partial charge in [0.25, 0.3) is 5.91 Å². The van der Waals surface area contributed by atoms with Gasteiger partial charge in [0.05, 0.1) is 7.11 Å². The van der Waals surface area contributed by atoms with Gasteiger partial charge in [-0.1, -0.05) is 12.1 Å². The summed E-state index contributed by atoms with van der Waals surface area (Å²) >= 11 is 0. The summed E-state index contributed by atoms with van der Waals surface area (Å²) in [5.74, 6) is 2.33. The van der Waals surface area contributed by atoms with Crippen LogP contribution in [0.15, 0.2) is 24.3 Å². The molecule has 2 saturated heterocycles. The summed E-state index contributed by atoms with van der Waals surface area (Å²) < 4.78 is 11.0. The lowest BCUT2D eigenvalue weighted by atomic mass is 9.79. The van der Waals surface area contributed by atoms with Gasteiger partial charge >= 0.3 is 0 Å². The number of amides is 1. The van der Waals surface area contributed by atoms with Crippen molar-refractivity contribution < 1.29 is 14.3 Å². The Kier molecular flexibility index (Phi) is 5.07. The van der Waals surface area contributed by atoms with Gasteiger partial charge in [0.15, 0.2) is 18.1 Å². The predicted molar refractivity (Wildman–Crippen MR) is 101 cm³/mol. The maximum atomic E-state index is 12.7. The Morgan fingerprint density at radius 3 is 2.73 bits per heavy atom. The lowest BCUT2D eigenvalue weighted by Crippen LogP contribution is -2.46. The lowest BCUT2D eigenvalue weighted by Gasteiger charge is -2.40. The Morgan fingerprint density at radius 2 is 1.96 bits per heavy atom. The summed E-state index contributed by atoms with van der Waals surface area (Å²) in [6.45, 7) is 5.52. The summed E-state index contributed by atoms with van der Waals surface area (Å²) in [6, 6.07) is 7.48. The van der Waals surface area contributed by atoms with Crippen LogP contribution in [0.1, 0.15) is 32.1 Å². The van der Waals surface area contributed by atoms with Crippen molar-refractivity contribution in [1.29, 1.82) is 0 Å². The van der Waals surface area contributed by atoms with E-state index in [1.54, 1.807) is 7.11 Å². The van der Waals surface area contributed by atoms with Crippen molar-refractivity contribution in [1.82, 2.24) is 9.80 Å². The molecule has 4 rings (SSSR count). The van der Waals surface area contributed by atoms with E-state index >= 15 is 0 Å². The Hall–Kier alpha value is -1.75. The van der Waals surface area contributed by atoms with Gasteiger partial charge in [-0.05, 0) is 56.7 Å². The number of piperidine rings is 1. The van der Waals surface area contributed by atoms with Crippen LogP contribution in [-0.2, 0) is 4.79 Å². The minimum absolute atomic E-state index is 0.0856. The lowest BCUT2D eigenvalue weighted by molar-refractivity contribution is -0.132. The van der Waals surface area contributed by atoms with Crippen molar-refractivity contribution >= 4 is 5.91 Å². The summed E-state index contributed by atoms with van der Waals surface area (Å²) in [5, 5.41) is 0. The van der Waals surface area contributed by atoms with Gasteiger partial charge in [0, 0.05) is 31.6 Å². The minimum Gasteiger partial charge on any atom is -0.493 e. The van der Waals surface area contributed by atoms with E-state index in [1.165, 1.54) is 45.3 Å². The molecule has 0 unspecified atom stereocenters. The molecule has 0 bridgehead atoms. The number of benzene rings is 1. The van der Waals surface area contributed by atoms with Gasteiger partial charge in [-0.25, -0.2) is 0 Å². The third-order valence-electron chi connectivity index (χ3n) is 6.17. The average molecular weight is 358 g/mol. The molecule has 0 radical (unpaired) electrons. The molecule has 3 fully saturated rings. The van der Waals surface area contributed by atoms with Crippen molar-refractivity contribution in [3.05, 3.63) is 24.3 Å². The Balaban J connectivity index is 1.30. The van der Waals surface area contributed by atoms with E-state index in [9.17, 15) is 4.79 Å². The highest BCUT2D eigenvalue weighted by Gasteiger charge is 2.43. The molecule has 0 N–H and O–H groups in total. The van der Waals surface area contributed by atoms with E-state index in [1.807, 2.05) is 29.2 Å². The van der Waals surface area contributed by atoms with E-state index < -0.39 is 0 Å². The molecule has 26 heavy (non-hydrogen) atoms. The molecule has 1 spiro atoms. The molecular formula is C21H30N2O3. The van der Waals surface area contributed by atoms with Crippen LogP contribution in [0.3, 0.4) is 0 Å². The fraction of sp³-hybridized carbons (Fsp3) is 0.667. The quantitative estimate of drug-likeness (QED) is 0.784. The number of hydrogen-bond acceptors (Lipinski definition) is 4. The molecule has 2 aliphatic heterocycles. The number of carbonyl (C=O) groups excluding carboxylic acids is 1. The Bertz CT molecular complexity index is 646. The first-order valence-corrected chi connectivity index (χ1v) is 9.93. The highest BCUT2D eigenvalue weighted by Crippen LogP contribution is 2.40. The van der Waals surface area contributed by atoms with Gasteiger partial charge in [-0.15, -0.1) is 0 Å². The Morgan fingerprint density at radius 1 is 1.15 bits per heavy atom. The Labute approximate surface area is 156 Å². The van der Waals surface area contributed by atoms with Gasteiger partial charge in [-0.3, -0.25) is 4.79 Å². The van der Waals surface area contributed by atoms with E-state index in [-0.39, 0.29) is 12.5 Å². The fourth-order valence-electron chi connectivity index (χ4n) is 4.58. The van der Waals surface area contributed by atoms with Crippen LogP contribution in [0.4, 0.5) is 0 Å². The summed E-state index contributed by atoms with van der Waals surface area (Å²) in [6.07, 6.45) is 6.48. The predicted octanol–water partition coefficient (Wildman–Crippen LogP) is 2.80. The van der Waals surface area contributed by atoms with Crippen LogP contribution in [0.2, 0.25) is 0 Å². The zero-order valence-corrected chi connectivity index (χ0v) is 15.8. The van der Waals surface area contributed by atoms with Crippen molar-refractivity contribution in [3.8, 4) is 11.5 Å². The van der Waals surface area contributed by atoms with Crippen LogP contribution in [-0.4, -0.2) is 62.1 Å². The number of para-hydroxylation sites is 2. The molecule has 3 aliphatic rings. The summed E-state index contributed by atoms with van der Waals surface area (Å²) in [5.41, 5.74) is 0.313. The second kappa shape index (κ2) is 7.47. The molecule has 142 valence electrons. The number of hydrogen-bond donors (Lipinski definition) is 0. The molecule has 1 aromatic carbocycles. The normalized spacial score (nSPS) is 26.3. The highest BCUT2D eigenvalue weighted by molar-refractivity contribution is 5.78. The molecule has 2 heterocycles. The minimum atomic E-state index is 0.0856. The number of ether oxygens (including phenoxy) is 2. The molecule has 1 saturated carbocycles. The van der Waals surface area contributed by atoms with Crippen molar-refractivity contribution in [2.75, 3.05) is 46.4 Å². The van der Waals surface area contributed by atoms with E-state index in [2.05, 4.69) is 4.90 Å². The third-order valence-corrected chi connectivity index (χ3v) is 6.17. The van der Waals surface area contributed by atoms with Gasteiger partial charge in [0.1, 0.15) is 0 Å². The molecule has 1 aliphatic carbocycles. The first-order valence-electron chi connectivity index (χ1n) is 9.93. The van der Waals surface area contributed by atoms with Crippen LogP contribution < -0.4 is 9.47 Å². The first-order chi connectivity index (χ1) is 12.7. The molecule has 1 atom stereocenters. The zero-order valence-electron chi connectivity index (χ0n) is 15.8. The zero-order chi connectivity index (χ0) is 18.0. The maximum absolute atomic E-state index is 12.7. The van der Waals surface area contributed by atoms with Crippen LogP contribution in [0.25, 0.3) is 0 Å². The summed E-state index contributed by atoms with van der Waals surface area (Å²) in [4.78, 5) is 17.3.